The third-order valence-corrected chi connectivity index (χ3v) is 6.51. The summed E-state index contributed by atoms with van der Waals surface area (Å²) in [5.41, 5.74) is 0.294. The number of carbonyl (C=O) groups is 2. The lowest BCUT2D eigenvalue weighted by molar-refractivity contribution is -0.147. The Bertz CT molecular complexity index is 1000. The molecule has 0 fully saturated rings. The number of ether oxygens (including phenoxy) is 3. The summed E-state index contributed by atoms with van der Waals surface area (Å²) in [6, 6.07) is 12.8. The lowest BCUT2D eigenvalue weighted by atomic mass is 10.3. The highest BCUT2D eigenvalue weighted by Gasteiger charge is 2.22. The fourth-order valence-electron chi connectivity index (χ4n) is 2.79. The molecule has 0 heterocycles. The van der Waals surface area contributed by atoms with Crippen LogP contribution in [0, 0.1) is 0 Å². The van der Waals surface area contributed by atoms with Crippen molar-refractivity contribution >= 4 is 27.6 Å². The summed E-state index contributed by atoms with van der Waals surface area (Å²) in [4.78, 5) is 24.0. The number of amides is 1. The summed E-state index contributed by atoms with van der Waals surface area (Å²) in [5.74, 6) is 0.105. The number of nitrogens with zero attached hydrogens (tertiary/aromatic N) is 1. The molecule has 174 valence electrons. The molecule has 2 aromatic carbocycles. The van der Waals surface area contributed by atoms with Crippen LogP contribution in [0.25, 0.3) is 0 Å². The average molecular weight is 465 g/mol. The van der Waals surface area contributed by atoms with Crippen molar-refractivity contribution in [3.05, 3.63) is 48.5 Å². The van der Waals surface area contributed by atoms with Crippen LogP contribution >= 0.6 is 0 Å². The van der Waals surface area contributed by atoms with Gasteiger partial charge in [0.15, 0.2) is 6.61 Å². The highest BCUT2D eigenvalue weighted by Crippen LogP contribution is 2.20. The van der Waals surface area contributed by atoms with E-state index in [1.54, 1.807) is 51.3 Å². The predicted octanol–water partition coefficient (Wildman–Crippen LogP) is 2.68. The molecule has 0 saturated heterocycles. The second kappa shape index (κ2) is 12.1. The van der Waals surface area contributed by atoms with Gasteiger partial charge in [0.05, 0.1) is 25.0 Å². The van der Waals surface area contributed by atoms with E-state index in [1.165, 1.54) is 22.5 Å². The Morgan fingerprint density at radius 2 is 1.66 bits per heavy atom. The number of sulfonamides is 1. The third-order valence-electron chi connectivity index (χ3n) is 4.46. The molecule has 0 saturated carbocycles. The number of benzene rings is 2. The van der Waals surface area contributed by atoms with Gasteiger partial charge in [-0.15, -0.1) is 0 Å². The molecule has 9 nitrogen and oxygen atoms in total. The Labute approximate surface area is 188 Å². The van der Waals surface area contributed by atoms with E-state index in [-0.39, 0.29) is 17.9 Å². The van der Waals surface area contributed by atoms with Crippen molar-refractivity contribution in [2.24, 2.45) is 0 Å². The smallest absolute Gasteiger partial charge is 0.309 e. The van der Waals surface area contributed by atoms with E-state index in [9.17, 15) is 18.0 Å². The molecular weight excluding hydrogens is 436 g/mol. The van der Waals surface area contributed by atoms with E-state index in [0.29, 0.717) is 30.3 Å². The third kappa shape index (κ3) is 7.24. The normalized spacial score (nSPS) is 11.1. The van der Waals surface area contributed by atoms with Gasteiger partial charge in [-0.05, 0) is 42.5 Å². The van der Waals surface area contributed by atoms with Gasteiger partial charge in [0.1, 0.15) is 11.5 Å². The van der Waals surface area contributed by atoms with E-state index in [1.807, 2.05) is 0 Å². The first-order chi connectivity index (χ1) is 15.3. The summed E-state index contributed by atoms with van der Waals surface area (Å²) < 4.78 is 42.0. The van der Waals surface area contributed by atoms with Crippen LogP contribution in [0.4, 0.5) is 5.69 Å². The monoisotopic (exact) mass is 464 g/mol. The van der Waals surface area contributed by atoms with Crippen LogP contribution in [-0.2, 0) is 24.3 Å². The van der Waals surface area contributed by atoms with Crippen LogP contribution in [0.15, 0.2) is 53.4 Å². The highest BCUT2D eigenvalue weighted by atomic mass is 32.2. The summed E-state index contributed by atoms with van der Waals surface area (Å²) in [7, 11) is -2.08. The molecule has 0 aromatic heterocycles. The predicted molar refractivity (Wildman–Crippen MR) is 119 cm³/mol. The Balaban J connectivity index is 1.80. The first-order valence-electron chi connectivity index (χ1n) is 10.1. The largest absolute Gasteiger partial charge is 0.497 e. The number of rotatable bonds is 12. The topological polar surface area (TPSA) is 111 Å². The van der Waals surface area contributed by atoms with Crippen LogP contribution in [0.2, 0.25) is 0 Å². The molecule has 10 heteroatoms. The number of anilines is 1. The van der Waals surface area contributed by atoms with Crippen LogP contribution in [0.5, 0.6) is 11.5 Å². The van der Waals surface area contributed by atoms with Crippen molar-refractivity contribution in [1.82, 2.24) is 4.31 Å². The van der Waals surface area contributed by atoms with Gasteiger partial charge in [0, 0.05) is 18.8 Å². The summed E-state index contributed by atoms with van der Waals surface area (Å²) in [6.45, 7) is 3.79. The fourth-order valence-corrected chi connectivity index (χ4v) is 4.29. The van der Waals surface area contributed by atoms with E-state index in [4.69, 9.17) is 14.2 Å². The maximum atomic E-state index is 12.6. The standard InChI is InChI=1S/C22H28N2O7S/c1-4-24(5-2)32(27,28)20-8-6-7-17(15-20)23-21(25)16-31-22(26)13-14-30-19-11-9-18(29-3)10-12-19/h6-12,15H,4-5,13-14,16H2,1-3H3,(H,23,25). The number of nitrogens with one attached hydrogen (secondary N) is 1. The lowest BCUT2D eigenvalue weighted by Crippen LogP contribution is -2.30. The van der Waals surface area contributed by atoms with E-state index in [0.717, 1.165) is 0 Å². The number of esters is 1. The zero-order valence-electron chi connectivity index (χ0n) is 18.4. The summed E-state index contributed by atoms with van der Waals surface area (Å²) >= 11 is 0. The SMILES string of the molecule is CCN(CC)S(=O)(=O)c1cccc(NC(=O)COC(=O)CCOc2ccc(OC)cc2)c1. The summed E-state index contributed by atoms with van der Waals surface area (Å²) in [6.07, 6.45) is -0.0308. The average Bonchev–Trinajstić information content (AvgIpc) is 2.79. The Kier molecular flexibility index (Phi) is 9.48. The molecule has 0 aliphatic heterocycles. The Morgan fingerprint density at radius 1 is 1.00 bits per heavy atom. The van der Waals surface area contributed by atoms with Gasteiger partial charge >= 0.3 is 5.97 Å². The molecule has 0 atom stereocenters. The molecule has 0 unspecified atom stereocenters. The van der Waals surface area contributed by atoms with Gasteiger partial charge in [-0.3, -0.25) is 9.59 Å². The minimum atomic E-state index is -3.65. The number of hydrogen-bond acceptors (Lipinski definition) is 7. The van der Waals surface area contributed by atoms with Crippen molar-refractivity contribution in [2.45, 2.75) is 25.2 Å². The van der Waals surface area contributed by atoms with Crippen molar-refractivity contribution in [2.75, 3.05) is 38.7 Å². The van der Waals surface area contributed by atoms with Crippen LogP contribution in [0.1, 0.15) is 20.3 Å². The number of methoxy groups -OCH3 is 1. The van der Waals surface area contributed by atoms with Gasteiger partial charge in [-0.2, -0.15) is 4.31 Å². The second-order valence-corrected chi connectivity index (χ2v) is 8.54. The van der Waals surface area contributed by atoms with Gasteiger partial charge in [-0.25, -0.2) is 8.42 Å². The van der Waals surface area contributed by atoms with Crippen LogP contribution in [0.3, 0.4) is 0 Å². The maximum Gasteiger partial charge on any atom is 0.309 e. The minimum Gasteiger partial charge on any atom is -0.497 e. The maximum absolute atomic E-state index is 12.6. The molecule has 2 aromatic rings. The molecule has 1 N–H and O–H groups in total. The van der Waals surface area contributed by atoms with Gasteiger partial charge in [0.25, 0.3) is 5.91 Å². The first kappa shape index (κ1) is 25.2. The van der Waals surface area contributed by atoms with E-state index < -0.39 is 28.5 Å². The van der Waals surface area contributed by atoms with Crippen molar-refractivity contribution in [1.29, 1.82) is 0 Å². The second-order valence-electron chi connectivity index (χ2n) is 6.60. The molecular formula is C22H28N2O7S. The zero-order valence-corrected chi connectivity index (χ0v) is 19.2. The molecule has 1 amide bonds. The van der Waals surface area contributed by atoms with E-state index >= 15 is 0 Å². The molecule has 32 heavy (non-hydrogen) atoms. The van der Waals surface area contributed by atoms with Crippen LogP contribution < -0.4 is 14.8 Å². The summed E-state index contributed by atoms with van der Waals surface area (Å²) in [5, 5.41) is 2.54. The van der Waals surface area contributed by atoms with Crippen molar-refractivity contribution in [3.63, 3.8) is 0 Å². The molecule has 0 spiro atoms. The minimum absolute atomic E-state index is 0.0308. The molecule has 0 aliphatic carbocycles. The van der Waals surface area contributed by atoms with Gasteiger partial charge < -0.3 is 19.5 Å². The Hall–Kier alpha value is -3.11. The molecule has 2 rings (SSSR count). The van der Waals surface area contributed by atoms with Crippen LogP contribution in [-0.4, -0.2) is 58.0 Å². The first-order valence-corrected chi connectivity index (χ1v) is 11.6. The molecule has 0 aliphatic rings. The van der Waals surface area contributed by atoms with E-state index in [2.05, 4.69) is 5.32 Å². The van der Waals surface area contributed by atoms with Crippen molar-refractivity contribution < 1.29 is 32.2 Å². The fraction of sp³-hybridized carbons (Fsp3) is 0.364. The number of carbonyl (C=O) groups excluding carboxylic acids is 2. The molecule has 0 radical (unpaired) electrons. The van der Waals surface area contributed by atoms with Gasteiger partial charge in [-0.1, -0.05) is 19.9 Å². The Morgan fingerprint density at radius 3 is 2.28 bits per heavy atom. The highest BCUT2D eigenvalue weighted by molar-refractivity contribution is 7.89. The number of hydrogen-bond donors (Lipinski definition) is 1. The zero-order chi connectivity index (χ0) is 23.6. The molecule has 0 bridgehead atoms. The lowest BCUT2D eigenvalue weighted by Gasteiger charge is -2.18. The van der Waals surface area contributed by atoms with Gasteiger partial charge in [0.2, 0.25) is 10.0 Å². The quantitative estimate of drug-likeness (QED) is 0.481. The van der Waals surface area contributed by atoms with Crippen molar-refractivity contribution in [3.8, 4) is 11.5 Å².